The lowest BCUT2D eigenvalue weighted by Crippen LogP contribution is -2.56. The van der Waals surface area contributed by atoms with Gasteiger partial charge in [0.1, 0.15) is 5.71 Å². The van der Waals surface area contributed by atoms with Crippen LogP contribution in [0.3, 0.4) is 0 Å². The fourth-order valence-electron chi connectivity index (χ4n) is 4.18. The van der Waals surface area contributed by atoms with E-state index in [9.17, 15) is 19.2 Å². The number of carbonyl (C=O) groups is 4. The Morgan fingerprint density at radius 2 is 1.45 bits per heavy atom. The molecule has 33 heavy (non-hydrogen) atoms. The molecule has 0 atom stereocenters. The van der Waals surface area contributed by atoms with Gasteiger partial charge in [0, 0.05) is 52.1 Å². The average molecular weight is 456 g/mol. The molecule has 176 valence electrons. The smallest absolute Gasteiger partial charge is 0.312 e. The van der Waals surface area contributed by atoms with Crippen LogP contribution >= 0.6 is 0 Å². The molecule has 2 fully saturated rings. The Hall–Kier alpha value is -3.27. The Bertz CT molecular complexity index is 993. The van der Waals surface area contributed by atoms with Crippen LogP contribution in [0.5, 0.6) is 0 Å². The summed E-state index contributed by atoms with van der Waals surface area (Å²) in [4.78, 5) is 55.3. The molecular weight excluding hydrogens is 426 g/mol. The zero-order valence-corrected chi connectivity index (χ0v) is 19.1. The molecule has 1 aromatic carbocycles. The number of ether oxygens (including phenoxy) is 1. The highest BCUT2D eigenvalue weighted by atomic mass is 16.5. The highest BCUT2D eigenvalue weighted by Crippen LogP contribution is 2.26. The summed E-state index contributed by atoms with van der Waals surface area (Å²) in [7, 11) is 0. The molecule has 4 rings (SSSR count). The second kappa shape index (κ2) is 9.70. The van der Waals surface area contributed by atoms with E-state index in [0.29, 0.717) is 50.8 Å². The molecule has 10 heteroatoms. The second-order valence-corrected chi connectivity index (χ2v) is 8.53. The van der Waals surface area contributed by atoms with Crippen LogP contribution < -0.4 is 5.01 Å². The van der Waals surface area contributed by atoms with E-state index in [1.54, 1.807) is 4.90 Å². The molecule has 1 aromatic rings. The molecule has 2 saturated heterocycles. The number of nitrogens with zero attached hydrogens (tertiary/aromatic N) is 5. The Labute approximate surface area is 192 Å². The van der Waals surface area contributed by atoms with Gasteiger partial charge in [-0.15, -0.1) is 0 Å². The van der Waals surface area contributed by atoms with Gasteiger partial charge in [0.15, 0.2) is 0 Å². The Balaban J connectivity index is 1.40. The summed E-state index contributed by atoms with van der Waals surface area (Å²) in [5.74, 6) is -1.43. The molecule has 0 bridgehead atoms. The lowest BCUT2D eigenvalue weighted by molar-refractivity contribution is -0.155. The van der Waals surface area contributed by atoms with Crippen molar-refractivity contribution in [1.82, 2.24) is 14.7 Å². The predicted molar refractivity (Wildman–Crippen MR) is 121 cm³/mol. The molecule has 4 amide bonds. The monoisotopic (exact) mass is 455 g/mol. The van der Waals surface area contributed by atoms with Gasteiger partial charge in [-0.05, 0) is 31.0 Å². The van der Waals surface area contributed by atoms with Crippen LogP contribution in [0.2, 0.25) is 0 Å². The van der Waals surface area contributed by atoms with Crippen molar-refractivity contribution in [3.63, 3.8) is 0 Å². The highest BCUT2D eigenvalue weighted by Gasteiger charge is 2.34. The third kappa shape index (κ3) is 4.90. The van der Waals surface area contributed by atoms with E-state index < -0.39 is 11.8 Å². The SMILES string of the molecule is Cc1ccc(C)c(N2N=C(C(=O)N3CCN(C(=O)C(=O)N4CCOCC4)CC3)CCC2=O)c1. The second-order valence-electron chi connectivity index (χ2n) is 8.53. The summed E-state index contributed by atoms with van der Waals surface area (Å²) < 4.78 is 5.23. The number of aryl methyl sites for hydroxylation is 2. The van der Waals surface area contributed by atoms with Crippen molar-refractivity contribution in [2.75, 3.05) is 57.5 Å². The molecule has 0 aliphatic carbocycles. The lowest BCUT2D eigenvalue weighted by Gasteiger charge is -2.36. The summed E-state index contributed by atoms with van der Waals surface area (Å²) in [5.41, 5.74) is 2.93. The molecule has 0 spiro atoms. The third-order valence-electron chi connectivity index (χ3n) is 6.21. The van der Waals surface area contributed by atoms with E-state index in [4.69, 9.17) is 4.74 Å². The van der Waals surface area contributed by atoms with Crippen LogP contribution in [-0.4, -0.2) is 96.5 Å². The zero-order chi connectivity index (χ0) is 23.5. The molecular formula is C23H29N5O5. The molecule has 0 saturated carbocycles. The molecule has 3 heterocycles. The fraction of sp³-hybridized carbons (Fsp3) is 0.522. The van der Waals surface area contributed by atoms with Crippen molar-refractivity contribution < 1.29 is 23.9 Å². The number of piperazine rings is 1. The van der Waals surface area contributed by atoms with E-state index in [1.807, 2.05) is 32.0 Å². The first-order chi connectivity index (χ1) is 15.8. The summed E-state index contributed by atoms with van der Waals surface area (Å²) in [6.45, 7) is 6.75. The molecule has 3 aliphatic heterocycles. The summed E-state index contributed by atoms with van der Waals surface area (Å²) in [6.07, 6.45) is 0.498. The first-order valence-electron chi connectivity index (χ1n) is 11.3. The van der Waals surface area contributed by atoms with Crippen LogP contribution in [0.1, 0.15) is 24.0 Å². The zero-order valence-electron chi connectivity index (χ0n) is 19.1. The molecule has 0 radical (unpaired) electrons. The maximum atomic E-state index is 13.1. The number of hydrazone groups is 1. The van der Waals surface area contributed by atoms with E-state index in [-0.39, 0.29) is 37.7 Å². The summed E-state index contributed by atoms with van der Waals surface area (Å²) in [6, 6.07) is 5.78. The lowest BCUT2D eigenvalue weighted by atomic mass is 10.1. The Kier molecular flexibility index (Phi) is 6.73. The van der Waals surface area contributed by atoms with Crippen molar-refractivity contribution in [3.8, 4) is 0 Å². The van der Waals surface area contributed by atoms with Crippen LogP contribution in [0.25, 0.3) is 0 Å². The number of hydrogen-bond donors (Lipinski definition) is 0. The van der Waals surface area contributed by atoms with Crippen molar-refractivity contribution in [1.29, 1.82) is 0 Å². The third-order valence-corrected chi connectivity index (χ3v) is 6.21. The maximum absolute atomic E-state index is 13.1. The van der Waals surface area contributed by atoms with Crippen LogP contribution in [-0.2, 0) is 23.9 Å². The molecule has 0 aromatic heterocycles. The average Bonchev–Trinajstić information content (AvgIpc) is 2.85. The molecule has 3 aliphatic rings. The van der Waals surface area contributed by atoms with Crippen molar-refractivity contribution in [3.05, 3.63) is 29.3 Å². The number of benzene rings is 1. The predicted octanol–water partition coefficient (Wildman–Crippen LogP) is 0.316. The number of carbonyl (C=O) groups excluding carboxylic acids is 4. The van der Waals surface area contributed by atoms with Gasteiger partial charge in [-0.1, -0.05) is 12.1 Å². The number of morpholine rings is 1. The van der Waals surface area contributed by atoms with Gasteiger partial charge in [-0.3, -0.25) is 19.2 Å². The van der Waals surface area contributed by atoms with Crippen molar-refractivity contribution >= 4 is 35.0 Å². The van der Waals surface area contributed by atoms with Crippen LogP contribution in [0.4, 0.5) is 5.69 Å². The van der Waals surface area contributed by atoms with Gasteiger partial charge in [0.2, 0.25) is 5.91 Å². The number of hydrogen-bond acceptors (Lipinski definition) is 6. The first kappa shape index (κ1) is 22.9. The van der Waals surface area contributed by atoms with E-state index >= 15 is 0 Å². The van der Waals surface area contributed by atoms with Gasteiger partial charge >= 0.3 is 11.8 Å². The van der Waals surface area contributed by atoms with Crippen molar-refractivity contribution in [2.24, 2.45) is 5.10 Å². The molecule has 0 N–H and O–H groups in total. The molecule has 0 unspecified atom stereocenters. The topological polar surface area (TPSA) is 103 Å². The van der Waals surface area contributed by atoms with E-state index in [2.05, 4.69) is 5.10 Å². The minimum absolute atomic E-state index is 0.141. The largest absolute Gasteiger partial charge is 0.378 e. The van der Waals surface area contributed by atoms with Gasteiger partial charge in [-0.25, -0.2) is 5.01 Å². The van der Waals surface area contributed by atoms with Crippen molar-refractivity contribution in [2.45, 2.75) is 26.7 Å². The maximum Gasteiger partial charge on any atom is 0.312 e. The molecule has 10 nitrogen and oxygen atoms in total. The van der Waals surface area contributed by atoms with Crippen LogP contribution in [0.15, 0.2) is 23.3 Å². The first-order valence-corrected chi connectivity index (χ1v) is 11.3. The Morgan fingerprint density at radius 3 is 2.12 bits per heavy atom. The normalized spacial score (nSPS) is 19.5. The van der Waals surface area contributed by atoms with Crippen LogP contribution in [0, 0.1) is 13.8 Å². The van der Waals surface area contributed by atoms with E-state index in [1.165, 1.54) is 14.8 Å². The minimum atomic E-state index is -0.536. The number of rotatable bonds is 2. The highest BCUT2D eigenvalue weighted by molar-refractivity contribution is 6.40. The van der Waals surface area contributed by atoms with Gasteiger partial charge < -0.3 is 19.4 Å². The fourth-order valence-corrected chi connectivity index (χ4v) is 4.18. The quantitative estimate of drug-likeness (QED) is 0.598. The van der Waals surface area contributed by atoms with E-state index in [0.717, 1.165) is 11.1 Å². The Morgan fingerprint density at radius 1 is 0.848 bits per heavy atom. The summed E-state index contributed by atoms with van der Waals surface area (Å²) >= 11 is 0. The van der Waals surface area contributed by atoms with Gasteiger partial charge in [-0.2, -0.15) is 5.10 Å². The van der Waals surface area contributed by atoms with Gasteiger partial charge in [0.05, 0.1) is 18.9 Å². The standard InChI is InChI=1S/C23H29N5O5/c1-16-3-4-17(2)19(15-16)28-20(29)6-5-18(24-28)21(30)25-7-9-26(10-8-25)22(31)23(32)27-11-13-33-14-12-27/h3-4,15H,5-14H2,1-2H3. The minimum Gasteiger partial charge on any atom is -0.378 e. The number of amides is 4. The van der Waals surface area contributed by atoms with Gasteiger partial charge in [0.25, 0.3) is 5.91 Å². The number of anilines is 1. The summed E-state index contributed by atoms with van der Waals surface area (Å²) in [5, 5.41) is 5.74.